The number of oxime groups is 2. The zero-order valence-corrected chi connectivity index (χ0v) is 30.9. The fourth-order valence-corrected chi connectivity index (χ4v) is 4.32. The van der Waals surface area contributed by atoms with Gasteiger partial charge in [0.25, 0.3) is 0 Å². The molecule has 0 unspecified atom stereocenters. The van der Waals surface area contributed by atoms with Gasteiger partial charge in [0, 0.05) is 98.4 Å². The lowest BCUT2D eigenvalue weighted by Gasteiger charge is -2.02. The van der Waals surface area contributed by atoms with Crippen molar-refractivity contribution in [2.45, 2.75) is 45.4 Å². The van der Waals surface area contributed by atoms with Crippen LogP contribution < -0.4 is 4.57 Å². The maximum atomic E-state index is 10.4. The smallest absolute Gasteiger partial charge is 0.185 e. The molecule has 5 heterocycles. The average Bonchev–Trinajstić information content (AvgIpc) is 3.94. The molecule has 0 atom stereocenters. The van der Waals surface area contributed by atoms with Gasteiger partial charge in [-0.05, 0) is 12.8 Å². The van der Waals surface area contributed by atoms with Crippen molar-refractivity contribution in [3.63, 3.8) is 0 Å². The van der Waals surface area contributed by atoms with Crippen LogP contribution in [0.2, 0.25) is 0 Å². The van der Waals surface area contributed by atoms with Crippen LogP contribution in [-0.4, -0.2) is 84.7 Å². The molecule has 258 valence electrons. The summed E-state index contributed by atoms with van der Waals surface area (Å²) in [6.07, 6.45) is 24.9. The lowest BCUT2D eigenvalue weighted by atomic mass is 10.4. The predicted molar refractivity (Wildman–Crippen MR) is 193 cm³/mol. The first-order chi connectivity index (χ1) is 23.1. The molecule has 0 aliphatic rings. The number of aldehydes is 2. The Morgan fingerprint density at radius 3 is 1.62 bits per heavy atom. The lowest BCUT2D eigenvalue weighted by molar-refractivity contribution is -0.697. The third-order valence-electron chi connectivity index (χ3n) is 5.98. The second kappa shape index (κ2) is 26.7. The molecular formula is C30H39Br3N11O4+. The number of alkyl halides is 2. The number of pyridine rings is 1. The molecule has 0 amide bonds. The van der Waals surface area contributed by atoms with Gasteiger partial charge in [0.15, 0.2) is 48.3 Å². The summed E-state index contributed by atoms with van der Waals surface area (Å²) >= 11 is 6.66. The molecule has 3 N–H and O–H groups in total. The molecular weight excluding hydrogens is 818 g/mol. The van der Waals surface area contributed by atoms with Crippen molar-refractivity contribution in [2.24, 2.45) is 10.3 Å². The Morgan fingerprint density at radius 1 is 0.708 bits per heavy atom. The monoisotopic (exact) mass is 854 g/mol. The van der Waals surface area contributed by atoms with E-state index in [1.807, 2.05) is 62.9 Å². The summed E-state index contributed by atoms with van der Waals surface area (Å²) in [5, 5.41) is 24.6. The highest BCUT2D eigenvalue weighted by Crippen LogP contribution is 2.00. The Kier molecular flexibility index (Phi) is 23.3. The first-order valence-electron chi connectivity index (χ1n) is 14.4. The molecule has 0 spiro atoms. The molecule has 18 heteroatoms. The van der Waals surface area contributed by atoms with Crippen LogP contribution in [-0.2, 0) is 26.2 Å². The fraction of sp³-hybridized carbons (Fsp3) is 0.300. The topological polar surface area (TPSA) is 185 Å². The molecule has 5 aromatic heterocycles. The summed E-state index contributed by atoms with van der Waals surface area (Å²) in [6.45, 7) is 3.53. The standard InChI is InChI=1S/C12H14N4O.C7H10BrN3O.C7H9BrN2O.C4H4N2O.BrH/c17-14-11-12-13-5-10-16(12)9-4-8-15-6-2-1-3-7-15;8-2-1-4-11-5-3-9-7(11)6-10-12;8-2-1-4-10-5-3-9-7(10)6-11;7-3-4-5-1-2-6-4;/h1-3,5-7,10-11H,4,8-9H2;3,5-6,12H,1-2,4H2;3,5-6H,1-2,4H2;1-3H,(H,5,6);1H/p+1/b14-11+;10-6+;;;. The number of nitrogens with zero attached hydrogens (tertiary/aromatic N) is 10. The highest BCUT2D eigenvalue weighted by molar-refractivity contribution is 9.09. The van der Waals surface area contributed by atoms with Gasteiger partial charge in [-0.25, -0.2) is 24.5 Å². The molecule has 0 aliphatic heterocycles. The number of H-pyrrole nitrogens is 1. The molecule has 0 saturated heterocycles. The summed E-state index contributed by atoms with van der Waals surface area (Å²) in [6, 6.07) is 6.03. The van der Waals surface area contributed by atoms with Crippen LogP contribution >= 0.6 is 48.8 Å². The van der Waals surface area contributed by atoms with Crippen LogP contribution in [0.15, 0.2) is 90.5 Å². The maximum absolute atomic E-state index is 10.4. The predicted octanol–water partition coefficient (Wildman–Crippen LogP) is 4.83. The molecule has 0 bridgehead atoms. The summed E-state index contributed by atoms with van der Waals surface area (Å²) in [5.74, 6) is 2.23. The largest absolute Gasteiger partial charge is 0.411 e. The molecule has 0 saturated carbocycles. The van der Waals surface area contributed by atoms with E-state index in [0.717, 1.165) is 62.4 Å². The normalized spacial score (nSPS) is 10.2. The zero-order valence-electron chi connectivity index (χ0n) is 26.0. The van der Waals surface area contributed by atoms with Crippen LogP contribution in [0.3, 0.4) is 0 Å². The zero-order chi connectivity index (χ0) is 34.0. The van der Waals surface area contributed by atoms with E-state index >= 15 is 0 Å². The Hall–Kier alpha value is -4.29. The third kappa shape index (κ3) is 16.5. The Balaban J connectivity index is 0.000000332. The van der Waals surface area contributed by atoms with Gasteiger partial charge in [0.1, 0.15) is 19.0 Å². The minimum atomic E-state index is 0. The van der Waals surface area contributed by atoms with E-state index in [1.54, 1.807) is 24.8 Å². The molecule has 15 nitrogen and oxygen atoms in total. The minimum absolute atomic E-state index is 0. The van der Waals surface area contributed by atoms with Gasteiger partial charge in [-0.15, -0.1) is 17.0 Å². The van der Waals surface area contributed by atoms with Crippen molar-refractivity contribution in [1.29, 1.82) is 0 Å². The van der Waals surface area contributed by atoms with Gasteiger partial charge in [0.05, 0.1) is 0 Å². The van der Waals surface area contributed by atoms with Gasteiger partial charge in [-0.1, -0.05) is 48.2 Å². The van der Waals surface area contributed by atoms with Crippen LogP contribution in [0.4, 0.5) is 0 Å². The Labute approximate surface area is 305 Å². The van der Waals surface area contributed by atoms with E-state index in [1.165, 1.54) is 18.6 Å². The van der Waals surface area contributed by atoms with E-state index in [0.29, 0.717) is 29.6 Å². The Bertz CT molecular complexity index is 1570. The van der Waals surface area contributed by atoms with Crippen molar-refractivity contribution in [2.75, 3.05) is 10.7 Å². The van der Waals surface area contributed by atoms with Crippen LogP contribution in [0.25, 0.3) is 0 Å². The number of imidazole rings is 4. The molecule has 48 heavy (non-hydrogen) atoms. The first kappa shape index (κ1) is 41.7. The highest BCUT2D eigenvalue weighted by Gasteiger charge is 2.03. The number of hydrogen-bond donors (Lipinski definition) is 3. The summed E-state index contributed by atoms with van der Waals surface area (Å²) in [4.78, 5) is 38.3. The Morgan fingerprint density at radius 2 is 1.21 bits per heavy atom. The number of nitrogens with one attached hydrogen (secondary N) is 1. The average molecular weight is 857 g/mol. The lowest BCUT2D eigenvalue weighted by Crippen LogP contribution is -2.32. The molecule has 0 fully saturated rings. The molecule has 0 aliphatic carbocycles. The highest BCUT2D eigenvalue weighted by atomic mass is 79.9. The maximum Gasteiger partial charge on any atom is 0.185 e. The van der Waals surface area contributed by atoms with Crippen molar-refractivity contribution in [1.82, 2.24) is 38.6 Å². The van der Waals surface area contributed by atoms with E-state index in [9.17, 15) is 9.59 Å². The molecule has 0 aromatic carbocycles. The van der Waals surface area contributed by atoms with E-state index in [2.05, 4.69) is 71.7 Å². The number of rotatable bonds is 14. The van der Waals surface area contributed by atoms with Crippen molar-refractivity contribution in [3.05, 3.63) is 103 Å². The second-order valence-corrected chi connectivity index (χ2v) is 10.8. The molecule has 0 radical (unpaired) electrons. The van der Waals surface area contributed by atoms with Crippen LogP contribution in [0, 0.1) is 0 Å². The summed E-state index contributed by atoms with van der Waals surface area (Å²) in [7, 11) is 0. The van der Waals surface area contributed by atoms with Crippen molar-refractivity contribution in [3.8, 4) is 0 Å². The van der Waals surface area contributed by atoms with Crippen molar-refractivity contribution >= 4 is 73.8 Å². The van der Waals surface area contributed by atoms with Crippen molar-refractivity contribution < 1.29 is 24.6 Å². The molecule has 5 aromatic rings. The first-order valence-corrected chi connectivity index (χ1v) is 16.7. The number of aryl methyl sites for hydroxylation is 4. The number of aromatic nitrogens is 9. The third-order valence-corrected chi connectivity index (χ3v) is 7.11. The number of halogens is 3. The van der Waals surface area contributed by atoms with Gasteiger partial charge in [-0.3, -0.25) is 9.59 Å². The molecule has 5 rings (SSSR count). The number of carbonyl (C=O) groups excluding carboxylic acids is 2. The van der Waals surface area contributed by atoms with Gasteiger partial charge in [-0.2, -0.15) is 0 Å². The number of hydrogen-bond acceptors (Lipinski definition) is 10. The van der Waals surface area contributed by atoms with Gasteiger partial charge in [0.2, 0.25) is 0 Å². The second-order valence-electron chi connectivity index (χ2n) is 9.19. The van der Waals surface area contributed by atoms with Gasteiger partial charge < -0.3 is 29.1 Å². The van der Waals surface area contributed by atoms with Crippen LogP contribution in [0.5, 0.6) is 0 Å². The van der Waals surface area contributed by atoms with E-state index in [4.69, 9.17) is 10.4 Å². The quantitative estimate of drug-likeness (QED) is 0.0354. The summed E-state index contributed by atoms with van der Waals surface area (Å²) in [5.41, 5.74) is 0. The SMILES string of the molecule is Br.O/N=C/c1nccn1CCCBr.O/N=C/c1nccn1CCC[n+]1ccccc1.O=Cc1ncc[nH]1.O=Cc1nccn1CCCBr. The number of carbonyl (C=O) groups is 2. The fourth-order valence-electron chi connectivity index (χ4n) is 3.81. The summed E-state index contributed by atoms with van der Waals surface area (Å²) < 4.78 is 7.87. The minimum Gasteiger partial charge on any atom is -0.411 e. The number of aromatic amines is 1. The van der Waals surface area contributed by atoms with Crippen LogP contribution in [0.1, 0.15) is 52.1 Å². The van der Waals surface area contributed by atoms with E-state index in [-0.39, 0.29) is 17.0 Å². The van der Waals surface area contributed by atoms with E-state index < -0.39 is 0 Å². The van der Waals surface area contributed by atoms with Gasteiger partial charge >= 0.3 is 0 Å².